The van der Waals surface area contributed by atoms with Crippen molar-refractivity contribution < 1.29 is 18.7 Å². The second-order valence-corrected chi connectivity index (χ2v) is 6.77. The second kappa shape index (κ2) is 12.1. The molecule has 1 saturated heterocycles. The fourth-order valence-electron chi connectivity index (χ4n) is 2.76. The normalized spacial score (nSPS) is 16.3. The molecule has 7 nitrogen and oxygen atoms in total. The van der Waals surface area contributed by atoms with Crippen LogP contribution in [0, 0.1) is 5.82 Å². The van der Waals surface area contributed by atoms with Crippen LogP contribution < -0.4 is 10.1 Å². The molecule has 1 aromatic carbocycles. The molecule has 2 rings (SSSR count). The van der Waals surface area contributed by atoms with Crippen LogP contribution in [-0.2, 0) is 16.1 Å². The summed E-state index contributed by atoms with van der Waals surface area (Å²) in [5.74, 6) is 0.299. The first-order valence-electron chi connectivity index (χ1n) is 9.04. The van der Waals surface area contributed by atoms with Gasteiger partial charge in [0.25, 0.3) is 0 Å². The molecule has 1 amide bonds. The molecular formula is C19H30FIN4O3. The number of hydrogen-bond acceptors (Lipinski definition) is 4. The maximum Gasteiger partial charge on any atom is 0.243 e. The van der Waals surface area contributed by atoms with E-state index in [1.165, 1.54) is 18.1 Å². The largest absolute Gasteiger partial charge is 0.494 e. The number of amides is 1. The lowest BCUT2D eigenvalue weighted by Crippen LogP contribution is -2.42. The Bertz CT molecular complexity index is 667. The summed E-state index contributed by atoms with van der Waals surface area (Å²) in [6, 6.07) is 4.85. The molecule has 1 aliphatic rings. The van der Waals surface area contributed by atoms with Gasteiger partial charge in [0.2, 0.25) is 5.91 Å². The van der Waals surface area contributed by atoms with Crippen molar-refractivity contribution in [2.45, 2.75) is 25.5 Å². The molecule has 0 spiro atoms. The van der Waals surface area contributed by atoms with Crippen LogP contribution in [0.25, 0.3) is 0 Å². The Morgan fingerprint density at radius 3 is 2.71 bits per heavy atom. The Morgan fingerprint density at radius 1 is 1.39 bits per heavy atom. The van der Waals surface area contributed by atoms with Crippen molar-refractivity contribution in [1.82, 2.24) is 15.1 Å². The van der Waals surface area contributed by atoms with E-state index in [0.717, 1.165) is 25.0 Å². The molecule has 0 aliphatic carbocycles. The van der Waals surface area contributed by atoms with Crippen LogP contribution in [0.3, 0.4) is 0 Å². The van der Waals surface area contributed by atoms with Crippen LogP contribution in [0.1, 0.15) is 18.4 Å². The zero-order valence-corrected chi connectivity index (χ0v) is 19.2. The fraction of sp³-hybridized carbons (Fsp3) is 0.579. The Morgan fingerprint density at radius 2 is 2.14 bits per heavy atom. The number of benzene rings is 1. The number of aliphatic imine (C=N–C) groups is 1. The van der Waals surface area contributed by atoms with E-state index in [4.69, 9.17) is 9.47 Å². The van der Waals surface area contributed by atoms with Gasteiger partial charge in [-0.1, -0.05) is 6.07 Å². The highest BCUT2D eigenvalue weighted by Crippen LogP contribution is 2.18. The first kappa shape index (κ1) is 24.4. The molecule has 1 fully saturated rings. The number of halogens is 2. The summed E-state index contributed by atoms with van der Waals surface area (Å²) in [6.45, 7) is 1.88. The Hall–Kier alpha value is -1.62. The third-order valence-corrected chi connectivity index (χ3v) is 4.37. The quantitative estimate of drug-likeness (QED) is 0.347. The van der Waals surface area contributed by atoms with Crippen LogP contribution in [0.5, 0.6) is 5.75 Å². The van der Waals surface area contributed by atoms with Gasteiger partial charge in [0.1, 0.15) is 6.54 Å². The minimum absolute atomic E-state index is 0. The Labute approximate surface area is 183 Å². The van der Waals surface area contributed by atoms with Gasteiger partial charge in [-0.05, 0) is 30.5 Å². The molecule has 1 aromatic rings. The van der Waals surface area contributed by atoms with E-state index in [1.807, 2.05) is 11.9 Å². The molecular weight excluding hydrogens is 478 g/mol. The third kappa shape index (κ3) is 7.42. The first-order valence-corrected chi connectivity index (χ1v) is 9.04. The average Bonchev–Trinajstić information content (AvgIpc) is 3.15. The average molecular weight is 508 g/mol. The number of nitrogens with one attached hydrogen (secondary N) is 1. The van der Waals surface area contributed by atoms with Gasteiger partial charge >= 0.3 is 0 Å². The van der Waals surface area contributed by atoms with E-state index in [-0.39, 0.29) is 48.3 Å². The van der Waals surface area contributed by atoms with Gasteiger partial charge in [0.05, 0.1) is 13.2 Å². The van der Waals surface area contributed by atoms with Crippen LogP contribution in [0.2, 0.25) is 0 Å². The molecule has 1 unspecified atom stereocenters. The number of likely N-dealkylation sites (N-methyl/N-ethyl adjacent to an activating group) is 1. The Balaban J connectivity index is 0.00000392. The molecule has 28 heavy (non-hydrogen) atoms. The van der Waals surface area contributed by atoms with Crippen LogP contribution in [0.4, 0.5) is 4.39 Å². The van der Waals surface area contributed by atoms with Crippen molar-refractivity contribution in [3.05, 3.63) is 29.6 Å². The number of nitrogens with zero attached hydrogens (tertiary/aromatic N) is 3. The van der Waals surface area contributed by atoms with Gasteiger partial charge in [-0.2, -0.15) is 0 Å². The van der Waals surface area contributed by atoms with Crippen LogP contribution in [-0.4, -0.2) is 75.7 Å². The topological polar surface area (TPSA) is 66.4 Å². The summed E-state index contributed by atoms with van der Waals surface area (Å²) in [7, 11) is 6.68. The van der Waals surface area contributed by atoms with E-state index < -0.39 is 5.82 Å². The zero-order valence-electron chi connectivity index (χ0n) is 16.9. The predicted molar refractivity (Wildman–Crippen MR) is 118 cm³/mol. The van der Waals surface area contributed by atoms with E-state index in [1.54, 1.807) is 26.2 Å². The summed E-state index contributed by atoms with van der Waals surface area (Å²) in [5, 5.41) is 3.27. The number of guanidine groups is 1. The lowest BCUT2D eigenvalue weighted by Gasteiger charge is -2.24. The number of ether oxygens (including phenoxy) is 2. The van der Waals surface area contributed by atoms with Crippen molar-refractivity contribution in [2.75, 3.05) is 47.9 Å². The van der Waals surface area contributed by atoms with Gasteiger partial charge in [0, 0.05) is 40.8 Å². The monoisotopic (exact) mass is 508 g/mol. The van der Waals surface area contributed by atoms with Crippen molar-refractivity contribution >= 4 is 35.8 Å². The molecule has 9 heteroatoms. The SMILES string of the molecule is COc1ccc(CN(C)C(=NCC(=O)N(C)C)NCC2CCCO2)cc1F.I. The molecule has 1 heterocycles. The van der Waals surface area contributed by atoms with Gasteiger partial charge in [-0.25, -0.2) is 9.38 Å². The van der Waals surface area contributed by atoms with E-state index in [0.29, 0.717) is 19.0 Å². The van der Waals surface area contributed by atoms with Gasteiger partial charge in [-0.15, -0.1) is 24.0 Å². The highest BCUT2D eigenvalue weighted by atomic mass is 127. The highest BCUT2D eigenvalue weighted by molar-refractivity contribution is 14.0. The van der Waals surface area contributed by atoms with E-state index in [2.05, 4.69) is 10.3 Å². The maximum atomic E-state index is 13.9. The molecule has 0 bridgehead atoms. The number of hydrogen-bond donors (Lipinski definition) is 1. The standard InChI is InChI=1S/C19H29FN4O3.HI/c1-23(2)18(25)12-22-19(21-11-15-6-5-9-27-15)24(3)13-14-7-8-17(26-4)16(20)10-14;/h7-8,10,15H,5-6,9,11-13H2,1-4H3,(H,21,22);1H. The summed E-state index contributed by atoms with van der Waals surface area (Å²) >= 11 is 0. The van der Waals surface area contributed by atoms with E-state index >= 15 is 0 Å². The lowest BCUT2D eigenvalue weighted by molar-refractivity contribution is -0.127. The molecule has 0 aromatic heterocycles. The first-order chi connectivity index (χ1) is 12.9. The van der Waals surface area contributed by atoms with Crippen molar-refractivity contribution in [3.63, 3.8) is 0 Å². The lowest BCUT2D eigenvalue weighted by atomic mass is 10.2. The molecule has 0 radical (unpaired) electrons. The second-order valence-electron chi connectivity index (χ2n) is 6.77. The molecule has 0 saturated carbocycles. The number of rotatable bonds is 7. The van der Waals surface area contributed by atoms with Crippen LogP contribution >= 0.6 is 24.0 Å². The number of carbonyl (C=O) groups is 1. The summed E-state index contributed by atoms with van der Waals surface area (Å²) in [4.78, 5) is 19.7. The minimum atomic E-state index is -0.406. The smallest absolute Gasteiger partial charge is 0.243 e. The third-order valence-electron chi connectivity index (χ3n) is 4.37. The predicted octanol–water partition coefficient (Wildman–Crippen LogP) is 2.10. The summed E-state index contributed by atoms with van der Waals surface area (Å²) in [5.41, 5.74) is 0.779. The van der Waals surface area contributed by atoms with E-state index in [9.17, 15) is 9.18 Å². The van der Waals surface area contributed by atoms with Gasteiger partial charge < -0.3 is 24.6 Å². The van der Waals surface area contributed by atoms with Gasteiger partial charge in [-0.3, -0.25) is 4.79 Å². The molecule has 1 atom stereocenters. The fourth-order valence-corrected chi connectivity index (χ4v) is 2.76. The molecule has 158 valence electrons. The van der Waals surface area contributed by atoms with Crippen molar-refractivity contribution in [2.24, 2.45) is 4.99 Å². The maximum absolute atomic E-state index is 13.9. The molecule has 1 aliphatic heterocycles. The number of carbonyl (C=O) groups excluding carboxylic acids is 1. The van der Waals surface area contributed by atoms with Gasteiger partial charge in [0.15, 0.2) is 17.5 Å². The molecule has 1 N–H and O–H groups in total. The zero-order chi connectivity index (χ0) is 19.8. The number of methoxy groups -OCH3 is 1. The minimum Gasteiger partial charge on any atom is -0.494 e. The van der Waals surface area contributed by atoms with Crippen LogP contribution in [0.15, 0.2) is 23.2 Å². The highest BCUT2D eigenvalue weighted by Gasteiger charge is 2.17. The van der Waals surface area contributed by atoms with Crippen molar-refractivity contribution in [1.29, 1.82) is 0 Å². The summed E-state index contributed by atoms with van der Waals surface area (Å²) < 4.78 is 24.5. The Kier molecular flexibility index (Phi) is 10.5. The summed E-state index contributed by atoms with van der Waals surface area (Å²) in [6.07, 6.45) is 2.20. The van der Waals surface area contributed by atoms with Crippen molar-refractivity contribution in [3.8, 4) is 5.75 Å².